The van der Waals surface area contributed by atoms with Gasteiger partial charge in [0.2, 0.25) is 0 Å². The third-order valence-electron chi connectivity index (χ3n) is 5.21. The van der Waals surface area contributed by atoms with Crippen molar-refractivity contribution < 1.29 is 4.79 Å². The lowest BCUT2D eigenvalue weighted by atomic mass is 10.0. The molecule has 0 atom stereocenters. The van der Waals surface area contributed by atoms with Crippen molar-refractivity contribution in [2.24, 2.45) is 0 Å². The van der Waals surface area contributed by atoms with Crippen LogP contribution < -0.4 is 0 Å². The first kappa shape index (κ1) is 23.7. The Labute approximate surface area is 168 Å². The van der Waals surface area contributed by atoms with E-state index >= 15 is 0 Å². The van der Waals surface area contributed by atoms with Gasteiger partial charge in [-0.15, -0.1) is 0 Å². The molecular weight excluding hydrogens is 328 g/mol. The van der Waals surface area contributed by atoms with Gasteiger partial charge in [-0.25, -0.2) is 0 Å². The first-order valence-corrected chi connectivity index (χ1v) is 11.5. The third kappa shape index (κ3) is 15.4. The van der Waals surface area contributed by atoms with Gasteiger partial charge in [-0.05, 0) is 37.7 Å². The first-order chi connectivity index (χ1) is 13.3. The van der Waals surface area contributed by atoms with Crippen LogP contribution in [0, 0.1) is 0 Å². The fourth-order valence-corrected chi connectivity index (χ4v) is 3.48. The van der Waals surface area contributed by atoms with E-state index in [4.69, 9.17) is 0 Å². The molecule has 1 aromatic rings. The quantitative estimate of drug-likeness (QED) is 0.188. The van der Waals surface area contributed by atoms with E-state index in [1.165, 1.54) is 83.5 Å². The van der Waals surface area contributed by atoms with Gasteiger partial charge in [0.25, 0.3) is 0 Å². The maximum absolute atomic E-state index is 12.0. The van der Waals surface area contributed by atoms with Crippen LogP contribution in [0.1, 0.15) is 109 Å². The van der Waals surface area contributed by atoms with Crippen molar-refractivity contribution >= 4 is 5.78 Å². The van der Waals surface area contributed by atoms with Crippen LogP contribution in [0.2, 0.25) is 0 Å². The van der Waals surface area contributed by atoms with Crippen LogP contribution in [-0.2, 0) is 11.2 Å². The molecule has 152 valence electrons. The van der Waals surface area contributed by atoms with Gasteiger partial charge in [0.05, 0.1) is 0 Å². The highest BCUT2D eigenvalue weighted by atomic mass is 16.1. The van der Waals surface area contributed by atoms with Crippen LogP contribution in [0.5, 0.6) is 0 Å². The second-order valence-electron chi connectivity index (χ2n) is 7.89. The van der Waals surface area contributed by atoms with Gasteiger partial charge in [-0.3, -0.25) is 4.79 Å². The van der Waals surface area contributed by atoms with Gasteiger partial charge in [0, 0.05) is 12.8 Å². The number of allylic oxidation sites excluding steroid dienone is 2. The zero-order valence-electron chi connectivity index (χ0n) is 17.8. The summed E-state index contributed by atoms with van der Waals surface area (Å²) >= 11 is 0. The lowest BCUT2D eigenvalue weighted by Gasteiger charge is -2.02. The Bertz CT molecular complexity index is 474. The Hall–Kier alpha value is -1.37. The molecule has 1 rings (SSSR count). The zero-order valence-corrected chi connectivity index (χ0v) is 17.8. The fourth-order valence-electron chi connectivity index (χ4n) is 3.48. The molecule has 0 unspecified atom stereocenters. The third-order valence-corrected chi connectivity index (χ3v) is 5.21. The van der Waals surface area contributed by atoms with Crippen molar-refractivity contribution in [3.05, 3.63) is 48.0 Å². The molecule has 0 heterocycles. The average Bonchev–Trinajstić information content (AvgIpc) is 2.68. The molecule has 0 spiro atoms. The largest absolute Gasteiger partial charge is 0.299 e. The van der Waals surface area contributed by atoms with Crippen molar-refractivity contribution in [1.29, 1.82) is 0 Å². The van der Waals surface area contributed by atoms with Crippen LogP contribution in [0.4, 0.5) is 0 Å². The predicted octanol–water partition coefficient (Wildman–Crippen LogP) is 8.23. The highest BCUT2D eigenvalue weighted by Crippen LogP contribution is 2.11. The molecule has 0 N–H and O–H groups in total. The Morgan fingerprint density at radius 1 is 0.704 bits per heavy atom. The van der Waals surface area contributed by atoms with Crippen molar-refractivity contribution in [2.75, 3.05) is 0 Å². The molecule has 1 heteroatoms. The van der Waals surface area contributed by atoms with Crippen molar-refractivity contribution in [2.45, 2.75) is 110 Å². The van der Waals surface area contributed by atoms with E-state index in [0.717, 1.165) is 18.4 Å². The number of hydrogen-bond acceptors (Lipinski definition) is 1. The number of unbranched alkanes of at least 4 members (excludes halogenated alkanes) is 12. The van der Waals surface area contributed by atoms with E-state index in [1.54, 1.807) is 0 Å². The van der Waals surface area contributed by atoms with Crippen LogP contribution in [-0.4, -0.2) is 5.78 Å². The smallest absolute Gasteiger partial charge is 0.137 e. The molecule has 0 fully saturated rings. The number of carbonyl (C=O) groups is 1. The average molecular weight is 371 g/mol. The van der Waals surface area contributed by atoms with E-state index in [9.17, 15) is 4.79 Å². The summed E-state index contributed by atoms with van der Waals surface area (Å²) < 4.78 is 0. The molecule has 27 heavy (non-hydrogen) atoms. The van der Waals surface area contributed by atoms with Crippen LogP contribution in [0.3, 0.4) is 0 Å². The van der Waals surface area contributed by atoms with Gasteiger partial charge >= 0.3 is 0 Å². The summed E-state index contributed by atoms with van der Waals surface area (Å²) in [6.07, 6.45) is 24.5. The second-order valence-corrected chi connectivity index (χ2v) is 7.89. The first-order valence-electron chi connectivity index (χ1n) is 11.5. The molecule has 0 aromatic heterocycles. The molecule has 0 aliphatic rings. The van der Waals surface area contributed by atoms with E-state index in [1.807, 2.05) is 30.3 Å². The van der Waals surface area contributed by atoms with E-state index < -0.39 is 0 Å². The molecular formula is C26H42O. The minimum absolute atomic E-state index is 0.386. The number of ketones is 1. The molecule has 0 bridgehead atoms. The highest BCUT2D eigenvalue weighted by molar-refractivity contribution is 5.80. The Morgan fingerprint density at radius 3 is 1.81 bits per heavy atom. The van der Waals surface area contributed by atoms with E-state index in [0.29, 0.717) is 12.2 Å². The summed E-state index contributed by atoms with van der Waals surface area (Å²) in [5.41, 5.74) is 1.15. The fraction of sp³-hybridized carbons (Fsp3) is 0.654. The number of hydrogen-bond donors (Lipinski definition) is 0. The molecule has 1 nitrogen and oxygen atoms in total. The number of rotatable bonds is 18. The summed E-state index contributed by atoms with van der Waals surface area (Å²) in [5, 5.41) is 0. The summed E-state index contributed by atoms with van der Waals surface area (Å²) in [6.45, 7) is 2.27. The van der Waals surface area contributed by atoms with Gasteiger partial charge in [-0.1, -0.05) is 107 Å². The summed E-state index contributed by atoms with van der Waals surface area (Å²) in [7, 11) is 0. The number of benzene rings is 1. The van der Waals surface area contributed by atoms with E-state index in [2.05, 4.69) is 19.1 Å². The zero-order chi connectivity index (χ0) is 19.4. The number of carbonyl (C=O) groups excluding carboxylic acids is 1. The summed E-state index contributed by atoms with van der Waals surface area (Å²) in [6, 6.07) is 10.1. The standard InChI is InChI=1S/C26H42O/c1-2-3-4-5-6-7-8-9-10-11-12-13-14-15-16-20-23-26(27)24-25-21-18-17-19-22-25/h9-10,17-19,21-22H,2-8,11-16,20,23-24H2,1H3. The lowest BCUT2D eigenvalue weighted by molar-refractivity contribution is -0.118. The van der Waals surface area contributed by atoms with Crippen molar-refractivity contribution in [3.8, 4) is 0 Å². The van der Waals surface area contributed by atoms with Crippen LogP contribution in [0.15, 0.2) is 42.5 Å². The highest BCUT2D eigenvalue weighted by Gasteiger charge is 2.03. The maximum atomic E-state index is 12.0. The topological polar surface area (TPSA) is 17.1 Å². The molecule has 0 aliphatic carbocycles. The SMILES string of the molecule is CCCCCCCCC=CCCCCCCCCC(=O)Cc1ccccc1. The van der Waals surface area contributed by atoms with Crippen LogP contribution >= 0.6 is 0 Å². The van der Waals surface area contributed by atoms with Crippen molar-refractivity contribution in [3.63, 3.8) is 0 Å². The monoisotopic (exact) mass is 370 g/mol. The normalized spacial score (nSPS) is 11.3. The van der Waals surface area contributed by atoms with Gasteiger partial charge in [0.15, 0.2) is 0 Å². The van der Waals surface area contributed by atoms with E-state index in [-0.39, 0.29) is 0 Å². The van der Waals surface area contributed by atoms with Crippen LogP contribution in [0.25, 0.3) is 0 Å². The Balaban J connectivity index is 1.81. The summed E-state index contributed by atoms with van der Waals surface area (Å²) in [4.78, 5) is 12.0. The van der Waals surface area contributed by atoms with Crippen molar-refractivity contribution in [1.82, 2.24) is 0 Å². The molecule has 0 aliphatic heterocycles. The maximum Gasteiger partial charge on any atom is 0.137 e. The minimum Gasteiger partial charge on any atom is -0.299 e. The van der Waals surface area contributed by atoms with Gasteiger partial charge in [0.1, 0.15) is 5.78 Å². The Morgan fingerprint density at radius 2 is 1.22 bits per heavy atom. The molecule has 0 radical (unpaired) electrons. The lowest BCUT2D eigenvalue weighted by Crippen LogP contribution is -2.02. The molecule has 0 saturated heterocycles. The minimum atomic E-state index is 0.386. The number of Topliss-reactive ketones (excluding diaryl/α,β-unsaturated/α-hetero) is 1. The summed E-state index contributed by atoms with van der Waals surface area (Å²) in [5.74, 6) is 0.386. The van der Waals surface area contributed by atoms with Gasteiger partial charge < -0.3 is 0 Å². The molecule has 0 saturated carbocycles. The molecule has 1 aromatic carbocycles. The predicted molar refractivity (Wildman–Crippen MR) is 119 cm³/mol. The molecule has 0 amide bonds. The Kier molecular flexibility index (Phi) is 15.8. The second kappa shape index (κ2) is 18.0. The van der Waals surface area contributed by atoms with Gasteiger partial charge in [-0.2, -0.15) is 0 Å².